The molecule has 1 N–H and O–H groups in total. The third-order valence-corrected chi connectivity index (χ3v) is 5.15. The number of methoxy groups -OCH3 is 1. The fraction of sp³-hybridized carbons (Fsp3) is 0.348. The summed E-state index contributed by atoms with van der Waals surface area (Å²) in [5.74, 6) is 1.10. The molecule has 1 heterocycles. The van der Waals surface area contributed by atoms with Crippen molar-refractivity contribution >= 4 is 28.2 Å². The fourth-order valence-corrected chi connectivity index (χ4v) is 3.31. The Morgan fingerprint density at radius 1 is 1.04 bits per heavy atom. The number of nitrogens with one attached hydrogen (secondary N) is 1. The Morgan fingerprint density at radius 2 is 1.70 bits per heavy atom. The van der Waals surface area contributed by atoms with Crippen LogP contribution in [0.25, 0.3) is 10.9 Å². The van der Waals surface area contributed by atoms with Gasteiger partial charge in [-0.05, 0) is 61.4 Å². The van der Waals surface area contributed by atoms with Crippen LogP contribution in [0.15, 0.2) is 48.5 Å². The van der Waals surface area contributed by atoms with Gasteiger partial charge >= 0.3 is 0 Å². The molecule has 27 heavy (non-hydrogen) atoms. The molecule has 1 amide bonds. The smallest absolute Gasteiger partial charge is 0.234 e. The van der Waals surface area contributed by atoms with Gasteiger partial charge in [-0.15, -0.1) is 0 Å². The Kier molecular flexibility index (Phi) is 4.22. The lowest BCUT2D eigenvalue weighted by Crippen LogP contribution is -2.27. The van der Waals surface area contributed by atoms with Crippen LogP contribution >= 0.6 is 0 Å². The van der Waals surface area contributed by atoms with E-state index in [-0.39, 0.29) is 17.2 Å². The largest absolute Gasteiger partial charge is 0.497 e. The summed E-state index contributed by atoms with van der Waals surface area (Å²) in [5, 5.41) is 1.12. The monoisotopic (exact) mass is 362 g/mol. The first kappa shape index (κ1) is 17.7. The van der Waals surface area contributed by atoms with E-state index >= 15 is 0 Å². The second kappa shape index (κ2) is 6.45. The molecule has 1 aromatic heterocycles. The summed E-state index contributed by atoms with van der Waals surface area (Å²) in [4.78, 5) is 18.4. The van der Waals surface area contributed by atoms with E-state index in [0.29, 0.717) is 0 Å². The van der Waals surface area contributed by atoms with Gasteiger partial charge in [0, 0.05) is 39.3 Å². The van der Waals surface area contributed by atoms with Crippen molar-refractivity contribution in [3.63, 3.8) is 0 Å². The van der Waals surface area contributed by atoms with E-state index in [4.69, 9.17) is 4.74 Å². The number of carbonyl (C=O) groups is 1. The van der Waals surface area contributed by atoms with E-state index in [9.17, 15) is 4.79 Å². The zero-order valence-electron chi connectivity index (χ0n) is 16.4. The van der Waals surface area contributed by atoms with Crippen molar-refractivity contribution in [3.8, 4) is 5.75 Å². The number of hydrogen-bond acceptors (Lipinski definition) is 2. The molecular weight excluding hydrogens is 336 g/mol. The summed E-state index contributed by atoms with van der Waals surface area (Å²) < 4.78 is 5.26. The van der Waals surface area contributed by atoms with Crippen LogP contribution in [0.5, 0.6) is 5.75 Å². The number of aromatic nitrogens is 1. The molecular formula is C23H26N2O2. The average molecular weight is 362 g/mol. The van der Waals surface area contributed by atoms with Crippen molar-refractivity contribution in [1.29, 1.82) is 0 Å². The van der Waals surface area contributed by atoms with Gasteiger partial charge in [0.05, 0.1) is 7.11 Å². The predicted octanol–water partition coefficient (Wildman–Crippen LogP) is 5.55. The molecule has 0 bridgehead atoms. The standard InChI is InChI=1S/C23H26N2O2/c1-23(2,3)21-14-16-13-18(9-12-20(16)24-21)25(22(26)15-5-6-15)17-7-10-19(27-4)11-8-17/h7-15,24H,5-6H2,1-4H3. The van der Waals surface area contributed by atoms with E-state index in [2.05, 4.69) is 44.0 Å². The Labute approximate surface area is 160 Å². The topological polar surface area (TPSA) is 45.3 Å². The minimum Gasteiger partial charge on any atom is -0.497 e. The molecule has 0 atom stereocenters. The zero-order valence-corrected chi connectivity index (χ0v) is 16.4. The molecule has 4 nitrogen and oxygen atoms in total. The first-order valence-electron chi connectivity index (χ1n) is 9.48. The molecule has 2 aromatic carbocycles. The lowest BCUT2D eigenvalue weighted by molar-refractivity contribution is -0.119. The highest BCUT2D eigenvalue weighted by atomic mass is 16.5. The summed E-state index contributed by atoms with van der Waals surface area (Å²) in [6.45, 7) is 6.58. The molecule has 4 rings (SSSR count). The highest BCUT2D eigenvalue weighted by molar-refractivity contribution is 6.04. The molecule has 0 radical (unpaired) electrons. The lowest BCUT2D eigenvalue weighted by Gasteiger charge is -2.23. The van der Waals surface area contributed by atoms with Crippen molar-refractivity contribution in [2.75, 3.05) is 12.0 Å². The third-order valence-electron chi connectivity index (χ3n) is 5.15. The van der Waals surface area contributed by atoms with Crippen LogP contribution in [0.1, 0.15) is 39.3 Å². The van der Waals surface area contributed by atoms with Gasteiger partial charge in [-0.25, -0.2) is 0 Å². The lowest BCUT2D eigenvalue weighted by atomic mass is 9.92. The summed E-state index contributed by atoms with van der Waals surface area (Å²) in [5.41, 5.74) is 4.12. The van der Waals surface area contributed by atoms with Crippen LogP contribution in [-0.2, 0) is 10.2 Å². The van der Waals surface area contributed by atoms with E-state index in [1.54, 1.807) is 7.11 Å². The van der Waals surface area contributed by atoms with Crippen LogP contribution < -0.4 is 9.64 Å². The van der Waals surface area contributed by atoms with Gasteiger partial charge in [0.2, 0.25) is 5.91 Å². The Balaban J connectivity index is 1.77. The maximum Gasteiger partial charge on any atom is 0.234 e. The van der Waals surface area contributed by atoms with Crippen molar-refractivity contribution in [1.82, 2.24) is 4.98 Å². The predicted molar refractivity (Wildman–Crippen MR) is 110 cm³/mol. The first-order chi connectivity index (χ1) is 12.9. The minimum atomic E-state index is 0.0543. The maximum atomic E-state index is 13.0. The number of anilines is 2. The van der Waals surface area contributed by atoms with Gasteiger partial charge in [-0.1, -0.05) is 20.8 Å². The molecule has 0 saturated heterocycles. The van der Waals surface area contributed by atoms with E-state index in [1.807, 2.05) is 35.2 Å². The summed E-state index contributed by atoms with van der Waals surface area (Å²) in [6, 6.07) is 16.1. The molecule has 0 aliphatic heterocycles. The van der Waals surface area contributed by atoms with Gasteiger partial charge in [0.15, 0.2) is 0 Å². The summed E-state index contributed by atoms with van der Waals surface area (Å²) in [6.07, 6.45) is 1.96. The molecule has 1 fully saturated rings. The number of hydrogen-bond donors (Lipinski definition) is 1. The highest BCUT2D eigenvalue weighted by Gasteiger charge is 2.35. The van der Waals surface area contributed by atoms with Crippen molar-refractivity contribution < 1.29 is 9.53 Å². The third kappa shape index (κ3) is 3.44. The molecule has 1 aliphatic carbocycles. The van der Waals surface area contributed by atoms with Gasteiger partial charge in [-0.2, -0.15) is 0 Å². The molecule has 4 heteroatoms. The number of carbonyl (C=O) groups excluding carboxylic acids is 1. The van der Waals surface area contributed by atoms with Crippen LogP contribution in [-0.4, -0.2) is 18.0 Å². The van der Waals surface area contributed by atoms with Gasteiger partial charge in [-0.3, -0.25) is 9.69 Å². The van der Waals surface area contributed by atoms with Crippen LogP contribution in [0, 0.1) is 5.92 Å². The number of fused-ring (bicyclic) bond motifs is 1. The van der Waals surface area contributed by atoms with Gasteiger partial charge < -0.3 is 9.72 Å². The van der Waals surface area contributed by atoms with Crippen LogP contribution in [0.3, 0.4) is 0 Å². The minimum absolute atomic E-state index is 0.0543. The number of aromatic amines is 1. The number of ether oxygens (including phenoxy) is 1. The number of benzene rings is 2. The molecule has 3 aromatic rings. The highest BCUT2D eigenvalue weighted by Crippen LogP contribution is 2.38. The fourth-order valence-electron chi connectivity index (χ4n) is 3.31. The Hall–Kier alpha value is -2.75. The molecule has 140 valence electrons. The summed E-state index contributed by atoms with van der Waals surface area (Å²) in [7, 11) is 1.65. The van der Waals surface area contributed by atoms with E-state index in [0.717, 1.165) is 40.9 Å². The SMILES string of the molecule is COc1ccc(N(C(=O)C2CC2)c2ccc3[nH]c(C(C)(C)C)cc3c2)cc1. The first-order valence-corrected chi connectivity index (χ1v) is 9.48. The molecule has 0 unspecified atom stereocenters. The number of amides is 1. The average Bonchev–Trinajstić information content (AvgIpc) is 3.40. The number of H-pyrrole nitrogens is 1. The molecule has 1 saturated carbocycles. The maximum absolute atomic E-state index is 13.0. The second-order valence-electron chi connectivity index (χ2n) is 8.35. The molecule has 0 spiro atoms. The second-order valence-corrected chi connectivity index (χ2v) is 8.35. The Bertz CT molecular complexity index is 976. The Morgan fingerprint density at radius 3 is 2.30 bits per heavy atom. The van der Waals surface area contributed by atoms with Gasteiger partial charge in [0.1, 0.15) is 5.75 Å². The van der Waals surface area contributed by atoms with Crippen molar-refractivity contribution in [2.24, 2.45) is 5.92 Å². The number of nitrogens with zero attached hydrogens (tertiary/aromatic N) is 1. The number of rotatable bonds is 4. The van der Waals surface area contributed by atoms with Crippen molar-refractivity contribution in [2.45, 2.75) is 39.0 Å². The van der Waals surface area contributed by atoms with Crippen molar-refractivity contribution in [3.05, 3.63) is 54.2 Å². The van der Waals surface area contributed by atoms with E-state index < -0.39 is 0 Å². The molecule has 1 aliphatic rings. The normalized spacial score (nSPS) is 14.4. The van der Waals surface area contributed by atoms with E-state index in [1.165, 1.54) is 5.69 Å². The van der Waals surface area contributed by atoms with Crippen LogP contribution in [0.4, 0.5) is 11.4 Å². The zero-order chi connectivity index (χ0) is 19.2. The van der Waals surface area contributed by atoms with Crippen LogP contribution in [0.2, 0.25) is 0 Å². The quantitative estimate of drug-likeness (QED) is 0.661. The summed E-state index contributed by atoms with van der Waals surface area (Å²) >= 11 is 0. The van der Waals surface area contributed by atoms with Gasteiger partial charge in [0.25, 0.3) is 0 Å².